The van der Waals surface area contributed by atoms with Gasteiger partial charge in [-0.2, -0.15) is 0 Å². The molecule has 1 saturated heterocycles. The number of aryl methyl sites for hydroxylation is 1. The summed E-state index contributed by atoms with van der Waals surface area (Å²) in [5.74, 6) is -0.160. The van der Waals surface area contributed by atoms with E-state index in [-0.39, 0.29) is 18.5 Å². The monoisotopic (exact) mass is 340 g/mol. The summed E-state index contributed by atoms with van der Waals surface area (Å²) in [6, 6.07) is 17.2. The van der Waals surface area contributed by atoms with E-state index in [2.05, 4.69) is 41.8 Å². The van der Waals surface area contributed by atoms with Crippen LogP contribution in [-0.2, 0) is 11.3 Å². The molecule has 0 aromatic heterocycles. The van der Waals surface area contributed by atoms with Gasteiger partial charge in [0.05, 0.1) is 18.8 Å². The molecule has 0 saturated carbocycles. The topological polar surface area (TPSA) is 70.6 Å². The molecule has 3 N–H and O–H groups in total. The molecule has 0 spiro atoms. The molecule has 1 aliphatic heterocycles. The number of hydrogen-bond acceptors (Lipinski definition) is 4. The molecule has 132 valence electrons. The van der Waals surface area contributed by atoms with Crippen LogP contribution < -0.4 is 10.6 Å². The number of amides is 1. The molecule has 0 aliphatic carbocycles. The molecule has 1 fully saturated rings. The van der Waals surface area contributed by atoms with Crippen molar-refractivity contribution >= 4 is 5.91 Å². The van der Waals surface area contributed by atoms with Crippen LogP contribution in [0.2, 0.25) is 0 Å². The lowest BCUT2D eigenvalue weighted by Crippen LogP contribution is -2.44. The Hall–Kier alpha value is -2.21. The normalized spacial score (nSPS) is 22.7. The smallest absolute Gasteiger partial charge is 0.251 e. The van der Waals surface area contributed by atoms with Gasteiger partial charge in [-0.1, -0.05) is 48.0 Å². The molecule has 2 aromatic carbocycles. The lowest BCUT2D eigenvalue weighted by Gasteiger charge is -2.19. The van der Waals surface area contributed by atoms with Crippen molar-refractivity contribution in [2.24, 2.45) is 0 Å². The van der Waals surface area contributed by atoms with Gasteiger partial charge in [0.1, 0.15) is 6.10 Å². The molecule has 1 amide bonds. The third kappa shape index (κ3) is 4.66. The van der Waals surface area contributed by atoms with Crippen LogP contribution in [-0.4, -0.2) is 42.4 Å². The third-order valence-corrected chi connectivity index (χ3v) is 4.47. The maximum Gasteiger partial charge on any atom is 0.251 e. The van der Waals surface area contributed by atoms with Crippen molar-refractivity contribution in [3.05, 3.63) is 71.3 Å². The first-order valence-corrected chi connectivity index (χ1v) is 8.55. The van der Waals surface area contributed by atoms with Crippen LogP contribution >= 0.6 is 0 Å². The lowest BCUT2D eigenvalue weighted by molar-refractivity contribution is 0.0398. The van der Waals surface area contributed by atoms with E-state index in [1.165, 1.54) is 11.1 Å². The molecule has 5 heteroatoms. The average molecular weight is 340 g/mol. The first kappa shape index (κ1) is 17.6. The highest BCUT2D eigenvalue weighted by Crippen LogP contribution is 2.15. The van der Waals surface area contributed by atoms with Gasteiger partial charge in [0.25, 0.3) is 5.91 Å². The Bertz CT molecular complexity index is 688. The largest absolute Gasteiger partial charge is 0.389 e. The molecule has 2 aromatic rings. The SMILES string of the molecule is Cc1ccc(CN[C@@H]2CO[C@H](CNC(=O)c3ccccc3)[C@H]2O)cc1. The van der Waals surface area contributed by atoms with Crippen LogP contribution in [0.4, 0.5) is 0 Å². The zero-order valence-corrected chi connectivity index (χ0v) is 14.3. The molecule has 25 heavy (non-hydrogen) atoms. The summed E-state index contributed by atoms with van der Waals surface area (Å²) in [4.78, 5) is 12.1. The van der Waals surface area contributed by atoms with Gasteiger partial charge in [-0.15, -0.1) is 0 Å². The van der Waals surface area contributed by atoms with Crippen molar-refractivity contribution in [3.63, 3.8) is 0 Å². The van der Waals surface area contributed by atoms with Gasteiger partial charge in [0.2, 0.25) is 0 Å². The minimum absolute atomic E-state index is 0.139. The maximum absolute atomic E-state index is 12.1. The van der Waals surface area contributed by atoms with E-state index in [0.717, 1.165) is 0 Å². The van der Waals surface area contributed by atoms with Crippen LogP contribution in [0, 0.1) is 6.92 Å². The fraction of sp³-hybridized carbons (Fsp3) is 0.350. The number of hydrogen-bond donors (Lipinski definition) is 3. The quantitative estimate of drug-likeness (QED) is 0.748. The van der Waals surface area contributed by atoms with Gasteiger partial charge < -0.3 is 20.5 Å². The highest BCUT2D eigenvalue weighted by molar-refractivity contribution is 5.94. The van der Waals surface area contributed by atoms with Crippen LogP contribution in [0.3, 0.4) is 0 Å². The van der Waals surface area contributed by atoms with Crippen LogP contribution in [0.5, 0.6) is 0 Å². The number of rotatable bonds is 6. The number of aliphatic hydroxyl groups excluding tert-OH is 1. The highest BCUT2D eigenvalue weighted by Gasteiger charge is 2.35. The lowest BCUT2D eigenvalue weighted by atomic mass is 10.1. The summed E-state index contributed by atoms with van der Waals surface area (Å²) in [5, 5.41) is 16.6. The van der Waals surface area contributed by atoms with Crippen LogP contribution in [0.15, 0.2) is 54.6 Å². The first-order chi connectivity index (χ1) is 12.1. The molecule has 1 heterocycles. The number of carbonyl (C=O) groups excluding carboxylic acids is 1. The van der Waals surface area contributed by atoms with Crippen LogP contribution in [0.25, 0.3) is 0 Å². The molecule has 3 rings (SSSR count). The van der Waals surface area contributed by atoms with Gasteiger partial charge in [-0.05, 0) is 24.6 Å². The van der Waals surface area contributed by atoms with E-state index < -0.39 is 12.2 Å². The van der Waals surface area contributed by atoms with Gasteiger partial charge >= 0.3 is 0 Å². The second kappa shape index (κ2) is 8.25. The summed E-state index contributed by atoms with van der Waals surface area (Å²) >= 11 is 0. The van der Waals surface area contributed by atoms with Gasteiger partial charge in [0.15, 0.2) is 0 Å². The first-order valence-electron chi connectivity index (χ1n) is 8.55. The Labute approximate surface area is 148 Å². The Balaban J connectivity index is 1.46. The van der Waals surface area contributed by atoms with E-state index in [4.69, 9.17) is 4.74 Å². The van der Waals surface area contributed by atoms with Crippen molar-refractivity contribution in [2.45, 2.75) is 31.7 Å². The van der Waals surface area contributed by atoms with Crippen molar-refractivity contribution in [1.29, 1.82) is 0 Å². The summed E-state index contributed by atoms with van der Waals surface area (Å²) in [6.07, 6.45) is -1.05. The molecule has 0 bridgehead atoms. The number of ether oxygens (including phenoxy) is 1. The fourth-order valence-electron chi connectivity index (χ4n) is 2.88. The Kier molecular flexibility index (Phi) is 5.81. The Morgan fingerprint density at radius 2 is 1.88 bits per heavy atom. The molecular formula is C20H24N2O3. The predicted molar refractivity (Wildman–Crippen MR) is 96.3 cm³/mol. The summed E-state index contributed by atoms with van der Waals surface area (Å²) in [6.45, 7) is 3.45. The minimum Gasteiger partial charge on any atom is -0.389 e. The van der Waals surface area contributed by atoms with Gasteiger partial charge in [-0.25, -0.2) is 0 Å². The van der Waals surface area contributed by atoms with Crippen LogP contribution in [0.1, 0.15) is 21.5 Å². The third-order valence-electron chi connectivity index (χ3n) is 4.47. The number of nitrogens with one attached hydrogen (secondary N) is 2. The van der Waals surface area contributed by atoms with Crippen molar-refractivity contribution < 1.29 is 14.6 Å². The summed E-state index contributed by atoms with van der Waals surface area (Å²) in [7, 11) is 0. The fourth-order valence-corrected chi connectivity index (χ4v) is 2.88. The van der Waals surface area contributed by atoms with E-state index in [0.29, 0.717) is 18.7 Å². The van der Waals surface area contributed by atoms with Crippen molar-refractivity contribution in [2.75, 3.05) is 13.2 Å². The van der Waals surface area contributed by atoms with Crippen molar-refractivity contribution in [1.82, 2.24) is 10.6 Å². The predicted octanol–water partition coefficient (Wildman–Crippen LogP) is 1.64. The molecule has 0 unspecified atom stereocenters. The second-order valence-electron chi connectivity index (χ2n) is 6.41. The number of benzene rings is 2. The zero-order valence-electron chi connectivity index (χ0n) is 14.3. The van der Waals surface area contributed by atoms with E-state index in [9.17, 15) is 9.90 Å². The Morgan fingerprint density at radius 1 is 1.16 bits per heavy atom. The van der Waals surface area contributed by atoms with E-state index in [1.807, 2.05) is 18.2 Å². The minimum atomic E-state index is -0.651. The second-order valence-corrected chi connectivity index (χ2v) is 6.41. The van der Waals surface area contributed by atoms with Gasteiger partial charge in [0, 0.05) is 18.7 Å². The summed E-state index contributed by atoms with van der Waals surface area (Å²) < 4.78 is 5.64. The number of aliphatic hydroxyl groups is 1. The molecule has 0 radical (unpaired) electrons. The maximum atomic E-state index is 12.1. The Morgan fingerprint density at radius 3 is 2.60 bits per heavy atom. The van der Waals surface area contributed by atoms with Crippen molar-refractivity contribution in [3.8, 4) is 0 Å². The van der Waals surface area contributed by atoms with Gasteiger partial charge in [-0.3, -0.25) is 4.79 Å². The zero-order chi connectivity index (χ0) is 17.6. The number of carbonyl (C=O) groups is 1. The highest BCUT2D eigenvalue weighted by atomic mass is 16.5. The van der Waals surface area contributed by atoms with E-state index >= 15 is 0 Å². The molecule has 1 aliphatic rings. The summed E-state index contributed by atoms with van der Waals surface area (Å²) in [5.41, 5.74) is 2.99. The average Bonchev–Trinajstić information content (AvgIpc) is 3.00. The molecule has 5 nitrogen and oxygen atoms in total. The molecular weight excluding hydrogens is 316 g/mol. The van der Waals surface area contributed by atoms with E-state index in [1.54, 1.807) is 12.1 Å². The molecule has 3 atom stereocenters. The standard InChI is InChI=1S/C20H24N2O3/c1-14-7-9-15(10-8-14)11-21-17-13-25-18(19(17)23)12-22-20(24)16-5-3-2-4-6-16/h2-10,17-19,21,23H,11-13H2,1H3,(H,22,24)/t17-,18-,19+/m1/s1.